The number of hydrogen-bond acceptors (Lipinski definition) is 4. The predicted octanol–water partition coefficient (Wildman–Crippen LogP) is 1.39. The molecule has 2 heterocycles. The van der Waals surface area contributed by atoms with Crippen molar-refractivity contribution >= 4 is 15.9 Å². The van der Waals surface area contributed by atoms with Crippen molar-refractivity contribution in [2.75, 3.05) is 45.8 Å². The fourth-order valence-corrected chi connectivity index (χ4v) is 5.12. The summed E-state index contributed by atoms with van der Waals surface area (Å²) in [6.07, 6.45) is 2.30. The second-order valence-corrected chi connectivity index (χ2v) is 9.45. The molecule has 1 aromatic rings. The van der Waals surface area contributed by atoms with E-state index in [1.54, 1.807) is 0 Å². The molecule has 0 unspecified atom stereocenters. The van der Waals surface area contributed by atoms with E-state index in [0.717, 1.165) is 37.4 Å². The van der Waals surface area contributed by atoms with E-state index in [9.17, 15) is 13.2 Å². The summed E-state index contributed by atoms with van der Waals surface area (Å²) in [5, 5.41) is 0. The first kappa shape index (κ1) is 19.3. The summed E-state index contributed by atoms with van der Waals surface area (Å²) < 4.78 is 26.7. The Morgan fingerprint density at radius 2 is 1.62 bits per heavy atom. The van der Waals surface area contributed by atoms with Crippen LogP contribution in [0, 0.1) is 5.92 Å². The number of rotatable bonds is 5. The summed E-state index contributed by atoms with van der Waals surface area (Å²) in [6.45, 7) is 6.43. The van der Waals surface area contributed by atoms with Gasteiger partial charge >= 0.3 is 0 Å². The minimum absolute atomic E-state index is 0.0216. The van der Waals surface area contributed by atoms with Gasteiger partial charge in [0.2, 0.25) is 15.9 Å². The van der Waals surface area contributed by atoms with Crippen LogP contribution in [0.2, 0.25) is 0 Å². The highest BCUT2D eigenvalue weighted by Gasteiger charge is 2.29. The van der Waals surface area contributed by atoms with Crippen LogP contribution in [-0.2, 0) is 20.6 Å². The highest BCUT2D eigenvalue weighted by atomic mass is 32.2. The van der Waals surface area contributed by atoms with E-state index in [2.05, 4.69) is 11.8 Å². The molecule has 1 amide bonds. The van der Waals surface area contributed by atoms with E-state index in [1.807, 2.05) is 35.2 Å². The molecule has 26 heavy (non-hydrogen) atoms. The summed E-state index contributed by atoms with van der Waals surface area (Å²) in [6, 6.07) is 9.24. The van der Waals surface area contributed by atoms with Gasteiger partial charge in [0.05, 0.1) is 12.3 Å². The number of carbonyl (C=O) groups excluding carboxylic acids is 1. The van der Waals surface area contributed by atoms with Gasteiger partial charge in [-0.1, -0.05) is 37.3 Å². The lowest BCUT2D eigenvalue weighted by Gasteiger charge is -2.36. The van der Waals surface area contributed by atoms with Crippen molar-refractivity contribution in [3.63, 3.8) is 0 Å². The first-order valence-corrected chi connectivity index (χ1v) is 11.1. The number of piperidine rings is 1. The molecule has 2 fully saturated rings. The standard InChI is InChI=1S/C19H29N3O3S/c1-17-7-9-20(10-8-17)15-19(23)21-11-13-22(14-12-21)26(24,25)16-18-5-3-2-4-6-18/h2-6,17H,7-16H2,1H3. The molecule has 3 rings (SSSR count). The Labute approximate surface area is 156 Å². The number of piperazine rings is 1. The molecule has 144 valence electrons. The van der Waals surface area contributed by atoms with Gasteiger partial charge in [-0.2, -0.15) is 4.31 Å². The Bertz CT molecular complexity index is 692. The Morgan fingerprint density at radius 3 is 2.23 bits per heavy atom. The minimum atomic E-state index is -3.33. The van der Waals surface area contributed by atoms with Crippen molar-refractivity contribution in [1.29, 1.82) is 0 Å². The quantitative estimate of drug-likeness (QED) is 0.776. The van der Waals surface area contributed by atoms with Crippen molar-refractivity contribution in [3.05, 3.63) is 35.9 Å². The van der Waals surface area contributed by atoms with Gasteiger partial charge in [-0.3, -0.25) is 9.69 Å². The number of benzene rings is 1. The van der Waals surface area contributed by atoms with Crippen LogP contribution < -0.4 is 0 Å². The Kier molecular flexibility index (Phi) is 6.32. The van der Waals surface area contributed by atoms with Crippen LogP contribution in [-0.4, -0.2) is 74.2 Å². The fraction of sp³-hybridized carbons (Fsp3) is 0.632. The van der Waals surface area contributed by atoms with Gasteiger partial charge in [-0.25, -0.2) is 8.42 Å². The van der Waals surface area contributed by atoms with Crippen LogP contribution in [0.4, 0.5) is 0 Å². The molecular formula is C19H29N3O3S. The van der Waals surface area contributed by atoms with Gasteiger partial charge in [0.1, 0.15) is 0 Å². The number of sulfonamides is 1. The molecular weight excluding hydrogens is 350 g/mol. The van der Waals surface area contributed by atoms with Gasteiger partial charge in [0.25, 0.3) is 0 Å². The first-order valence-electron chi connectivity index (χ1n) is 9.46. The van der Waals surface area contributed by atoms with Crippen molar-refractivity contribution < 1.29 is 13.2 Å². The molecule has 2 aliphatic rings. The topological polar surface area (TPSA) is 60.9 Å². The molecule has 0 aromatic heterocycles. The third kappa shape index (κ3) is 5.05. The van der Waals surface area contributed by atoms with E-state index in [-0.39, 0.29) is 11.7 Å². The zero-order chi connectivity index (χ0) is 18.6. The van der Waals surface area contributed by atoms with E-state index >= 15 is 0 Å². The molecule has 2 aliphatic heterocycles. The predicted molar refractivity (Wildman–Crippen MR) is 102 cm³/mol. The molecule has 0 atom stereocenters. The minimum Gasteiger partial charge on any atom is -0.339 e. The highest BCUT2D eigenvalue weighted by Crippen LogP contribution is 2.17. The largest absolute Gasteiger partial charge is 0.339 e. The van der Waals surface area contributed by atoms with Gasteiger partial charge in [-0.05, 0) is 37.4 Å². The summed E-state index contributed by atoms with van der Waals surface area (Å²) in [5.74, 6) is 0.896. The van der Waals surface area contributed by atoms with E-state index in [1.165, 1.54) is 4.31 Å². The van der Waals surface area contributed by atoms with Crippen LogP contribution in [0.3, 0.4) is 0 Å². The zero-order valence-electron chi connectivity index (χ0n) is 15.5. The fourth-order valence-electron chi connectivity index (χ4n) is 3.60. The summed E-state index contributed by atoms with van der Waals surface area (Å²) >= 11 is 0. The maximum absolute atomic E-state index is 12.6. The summed E-state index contributed by atoms with van der Waals surface area (Å²) in [5.41, 5.74) is 0.797. The molecule has 1 aromatic carbocycles. The third-order valence-electron chi connectivity index (χ3n) is 5.41. The lowest BCUT2D eigenvalue weighted by molar-refractivity contribution is -0.133. The van der Waals surface area contributed by atoms with Gasteiger partial charge < -0.3 is 4.90 Å². The van der Waals surface area contributed by atoms with Crippen molar-refractivity contribution in [2.45, 2.75) is 25.5 Å². The van der Waals surface area contributed by atoms with Crippen molar-refractivity contribution in [1.82, 2.24) is 14.1 Å². The monoisotopic (exact) mass is 379 g/mol. The maximum atomic E-state index is 12.6. The number of carbonyl (C=O) groups is 1. The van der Waals surface area contributed by atoms with Crippen LogP contribution in [0.1, 0.15) is 25.3 Å². The molecule has 7 heteroatoms. The first-order chi connectivity index (χ1) is 12.4. The van der Waals surface area contributed by atoms with Crippen molar-refractivity contribution in [2.24, 2.45) is 5.92 Å². The van der Waals surface area contributed by atoms with Gasteiger partial charge in [-0.15, -0.1) is 0 Å². The van der Waals surface area contributed by atoms with E-state index < -0.39 is 10.0 Å². The summed E-state index contributed by atoms with van der Waals surface area (Å²) in [4.78, 5) is 16.5. The molecule has 0 radical (unpaired) electrons. The average molecular weight is 380 g/mol. The number of amides is 1. The van der Waals surface area contributed by atoms with E-state index in [4.69, 9.17) is 0 Å². The lowest BCUT2D eigenvalue weighted by atomic mass is 9.99. The van der Waals surface area contributed by atoms with Crippen LogP contribution in [0.15, 0.2) is 30.3 Å². The molecule has 0 bridgehead atoms. The van der Waals surface area contributed by atoms with E-state index in [0.29, 0.717) is 32.7 Å². The molecule has 2 saturated heterocycles. The lowest BCUT2D eigenvalue weighted by Crippen LogP contribution is -2.53. The Hall–Kier alpha value is -1.44. The average Bonchev–Trinajstić information content (AvgIpc) is 2.64. The molecule has 0 N–H and O–H groups in total. The zero-order valence-corrected chi connectivity index (χ0v) is 16.3. The van der Waals surface area contributed by atoms with Crippen LogP contribution >= 0.6 is 0 Å². The number of likely N-dealkylation sites (tertiary alicyclic amines) is 1. The molecule has 0 aliphatic carbocycles. The summed E-state index contributed by atoms with van der Waals surface area (Å²) in [7, 11) is -3.33. The Balaban J connectivity index is 1.48. The maximum Gasteiger partial charge on any atom is 0.236 e. The second kappa shape index (κ2) is 8.50. The van der Waals surface area contributed by atoms with Gasteiger partial charge in [0.15, 0.2) is 0 Å². The Morgan fingerprint density at radius 1 is 1.00 bits per heavy atom. The smallest absolute Gasteiger partial charge is 0.236 e. The van der Waals surface area contributed by atoms with Crippen LogP contribution in [0.5, 0.6) is 0 Å². The third-order valence-corrected chi connectivity index (χ3v) is 7.26. The van der Waals surface area contributed by atoms with Crippen molar-refractivity contribution in [3.8, 4) is 0 Å². The highest BCUT2D eigenvalue weighted by molar-refractivity contribution is 7.88. The van der Waals surface area contributed by atoms with Gasteiger partial charge in [0, 0.05) is 26.2 Å². The number of nitrogens with zero attached hydrogens (tertiary/aromatic N) is 3. The SMILES string of the molecule is CC1CCN(CC(=O)N2CCN(S(=O)(=O)Cc3ccccc3)CC2)CC1. The molecule has 0 spiro atoms. The second-order valence-electron chi connectivity index (χ2n) is 7.48. The number of hydrogen-bond donors (Lipinski definition) is 0. The molecule has 6 nitrogen and oxygen atoms in total. The van der Waals surface area contributed by atoms with Crippen LogP contribution in [0.25, 0.3) is 0 Å². The molecule has 0 saturated carbocycles. The normalized spacial score (nSPS) is 21.0.